The highest BCUT2D eigenvalue weighted by Crippen LogP contribution is 2.40. The molecule has 0 radical (unpaired) electrons. The number of anilines is 1. The van der Waals surface area contributed by atoms with Crippen molar-refractivity contribution in [1.29, 1.82) is 0 Å². The van der Waals surface area contributed by atoms with E-state index < -0.39 is 0 Å². The summed E-state index contributed by atoms with van der Waals surface area (Å²) in [5.74, 6) is 1.56. The number of hydrogen-bond acceptors (Lipinski definition) is 5. The van der Waals surface area contributed by atoms with E-state index in [9.17, 15) is 4.79 Å². The van der Waals surface area contributed by atoms with Crippen LogP contribution in [0.1, 0.15) is 18.5 Å². The van der Waals surface area contributed by atoms with Crippen LogP contribution >= 0.6 is 0 Å². The van der Waals surface area contributed by atoms with E-state index in [4.69, 9.17) is 14.5 Å². The average Bonchev–Trinajstić information content (AvgIpc) is 3.16. The van der Waals surface area contributed by atoms with Gasteiger partial charge in [0.15, 0.2) is 0 Å². The van der Waals surface area contributed by atoms with Crippen molar-refractivity contribution in [3.63, 3.8) is 0 Å². The first kappa shape index (κ1) is 18.7. The summed E-state index contributed by atoms with van der Waals surface area (Å²) in [6.45, 7) is 4.29. The number of para-hydroxylation sites is 2. The van der Waals surface area contributed by atoms with Crippen LogP contribution in [0.2, 0.25) is 0 Å². The number of fused-ring (bicyclic) bond motifs is 3. The van der Waals surface area contributed by atoms with Crippen molar-refractivity contribution in [3.8, 4) is 5.75 Å². The lowest BCUT2D eigenvalue weighted by molar-refractivity contribution is -0.131. The van der Waals surface area contributed by atoms with Crippen molar-refractivity contribution in [3.05, 3.63) is 65.4 Å². The standard InChI is InChI=1S/C23H24N4O3/c1-15-20(22(28)26-11-13-30-14-12-26)21(16-7-9-17(29-2)10-8-16)27-19-6-4-3-5-18(19)25-23(27)24-15/h3-10,21H,11-14H2,1-2H3,(H,24,25)/t21-/m1/s1. The fourth-order valence-corrected chi connectivity index (χ4v) is 4.28. The van der Waals surface area contributed by atoms with Gasteiger partial charge in [0.05, 0.1) is 43.0 Å². The van der Waals surface area contributed by atoms with Crippen molar-refractivity contribution in [2.24, 2.45) is 0 Å². The minimum atomic E-state index is -0.282. The molecule has 2 aliphatic rings. The average molecular weight is 404 g/mol. The van der Waals surface area contributed by atoms with Gasteiger partial charge in [-0.2, -0.15) is 0 Å². The quantitative estimate of drug-likeness (QED) is 0.726. The maximum Gasteiger partial charge on any atom is 0.254 e. The van der Waals surface area contributed by atoms with Gasteiger partial charge in [-0.15, -0.1) is 0 Å². The van der Waals surface area contributed by atoms with Crippen molar-refractivity contribution < 1.29 is 14.3 Å². The molecule has 30 heavy (non-hydrogen) atoms. The summed E-state index contributed by atoms with van der Waals surface area (Å²) in [6, 6.07) is 15.6. The molecule has 1 aromatic heterocycles. The van der Waals surface area contributed by atoms with Crippen LogP contribution in [-0.4, -0.2) is 53.8 Å². The molecule has 0 unspecified atom stereocenters. The summed E-state index contributed by atoms with van der Waals surface area (Å²) in [5, 5.41) is 3.37. The zero-order valence-electron chi connectivity index (χ0n) is 17.1. The molecule has 154 valence electrons. The monoisotopic (exact) mass is 404 g/mol. The Bertz CT molecular complexity index is 1130. The molecule has 5 rings (SSSR count). The van der Waals surface area contributed by atoms with Gasteiger partial charge < -0.3 is 19.7 Å². The highest BCUT2D eigenvalue weighted by atomic mass is 16.5. The minimum absolute atomic E-state index is 0.0348. The van der Waals surface area contributed by atoms with Crippen molar-refractivity contribution in [1.82, 2.24) is 14.5 Å². The van der Waals surface area contributed by atoms with E-state index in [1.807, 2.05) is 60.4 Å². The van der Waals surface area contributed by atoms with Crippen LogP contribution in [0.15, 0.2) is 59.8 Å². The van der Waals surface area contributed by atoms with Gasteiger partial charge in [0.25, 0.3) is 5.91 Å². The van der Waals surface area contributed by atoms with E-state index in [1.54, 1.807) is 7.11 Å². The Morgan fingerprint density at radius 2 is 1.87 bits per heavy atom. The van der Waals surface area contributed by atoms with Gasteiger partial charge in [-0.05, 0) is 36.8 Å². The van der Waals surface area contributed by atoms with Crippen molar-refractivity contribution in [2.75, 3.05) is 38.7 Å². The number of aromatic nitrogens is 2. The Morgan fingerprint density at radius 1 is 1.13 bits per heavy atom. The van der Waals surface area contributed by atoms with Crippen LogP contribution in [-0.2, 0) is 9.53 Å². The van der Waals surface area contributed by atoms with Gasteiger partial charge in [-0.3, -0.25) is 9.36 Å². The van der Waals surface area contributed by atoms with E-state index in [2.05, 4.69) is 9.88 Å². The van der Waals surface area contributed by atoms with Crippen LogP contribution in [0, 0.1) is 0 Å². The van der Waals surface area contributed by atoms with Crippen LogP contribution in [0.3, 0.4) is 0 Å². The molecule has 3 aromatic rings. The van der Waals surface area contributed by atoms with Gasteiger partial charge >= 0.3 is 0 Å². The normalized spacial score (nSPS) is 18.9. The molecule has 1 saturated heterocycles. The predicted octanol–water partition coefficient (Wildman–Crippen LogP) is 3.19. The Kier molecular flexibility index (Phi) is 4.67. The zero-order valence-corrected chi connectivity index (χ0v) is 17.1. The van der Waals surface area contributed by atoms with Gasteiger partial charge in [0.2, 0.25) is 5.95 Å². The third-order valence-corrected chi connectivity index (χ3v) is 5.79. The summed E-state index contributed by atoms with van der Waals surface area (Å²) in [4.78, 5) is 20.3. The topological polar surface area (TPSA) is 68.6 Å². The van der Waals surface area contributed by atoms with E-state index in [0.717, 1.165) is 39.6 Å². The van der Waals surface area contributed by atoms with Crippen LogP contribution in [0.25, 0.3) is 11.0 Å². The number of morpholine rings is 1. The fraction of sp³-hybridized carbons (Fsp3) is 0.304. The fourth-order valence-electron chi connectivity index (χ4n) is 4.28. The molecule has 0 spiro atoms. The highest BCUT2D eigenvalue weighted by Gasteiger charge is 2.36. The Balaban J connectivity index is 1.68. The smallest absolute Gasteiger partial charge is 0.254 e. The van der Waals surface area contributed by atoms with Crippen molar-refractivity contribution >= 4 is 22.9 Å². The minimum Gasteiger partial charge on any atom is -0.497 e. The largest absolute Gasteiger partial charge is 0.497 e. The molecule has 1 atom stereocenters. The van der Waals surface area contributed by atoms with Gasteiger partial charge in [0, 0.05) is 18.8 Å². The number of hydrogen-bond donors (Lipinski definition) is 1. The lowest BCUT2D eigenvalue weighted by Gasteiger charge is -2.35. The third kappa shape index (κ3) is 3.02. The SMILES string of the molecule is COc1ccc([C@@H]2C(C(=O)N3CCOCC3)=C(C)Nc3nc4ccccc4n32)cc1. The molecule has 3 heterocycles. The summed E-state index contributed by atoms with van der Waals surface area (Å²) in [6.07, 6.45) is 0. The van der Waals surface area contributed by atoms with Crippen LogP contribution in [0.4, 0.5) is 5.95 Å². The maximum absolute atomic E-state index is 13.7. The number of amides is 1. The number of imidazole rings is 1. The molecule has 7 nitrogen and oxygen atoms in total. The number of methoxy groups -OCH3 is 1. The Morgan fingerprint density at radius 3 is 2.60 bits per heavy atom. The first-order chi connectivity index (χ1) is 14.7. The highest BCUT2D eigenvalue weighted by molar-refractivity contribution is 5.98. The third-order valence-electron chi connectivity index (χ3n) is 5.79. The molecule has 7 heteroatoms. The Labute approximate surface area is 174 Å². The van der Waals surface area contributed by atoms with Gasteiger partial charge in [-0.25, -0.2) is 4.98 Å². The number of carbonyl (C=O) groups excluding carboxylic acids is 1. The van der Waals surface area contributed by atoms with Gasteiger partial charge in [0.1, 0.15) is 5.75 Å². The lowest BCUT2D eigenvalue weighted by Crippen LogP contribution is -2.44. The summed E-state index contributed by atoms with van der Waals surface area (Å²) >= 11 is 0. The zero-order chi connectivity index (χ0) is 20.7. The number of nitrogens with one attached hydrogen (secondary N) is 1. The number of carbonyl (C=O) groups is 1. The second-order valence-corrected chi connectivity index (χ2v) is 7.54. The van der Waals surface area contributed by atoms with Gasteiger partial charge in [-0.1, -0.05) is 24.3 Å². The van der Waals surface area contributed by atoms with Crippen LogP contribution in [0.5, 0.6) is 5.75 Å². The number of benzene rings is 2. The summed E-state index contributed by atoms with van der Waals surface area (Å²) in [7, 11) is 1.65. The number of rotatable bonds is 3. The molecular formula is C23H24N4O3. The molecule has 2 aromatic carbocycles. The first-order valence-electron chi connectivity index (χ1n) is 10.1. The molecule has 0 aliphatic carbocycles. The van der Waals surface area contributed by atoms with Crippen molar-refractivity contribution in [2.45, 2.75) is 13.0 Å². The van der Waals surface area contributed by atoms with E-state index in [1.165, 1.54) is 0 Å². The number of ether oxygens (including phenoxy) is 2. The second kappa shape index (κ2) is 7.50. The lowest BCUT2D eigenvalue weighted by atomic mass is 9.93. The number of nitrogens with zero attached hydrogens (tertiary/aromatic N) is 3. The molecule has 0 saturated carbocycles. The maximum atomic E-state index is 13.7. The van der Waals surface area contributed by atoms with E-state index >= 15 is 0 Å². The molecule has 1 fully saturated rings. The molecule has 2 aliphatic heterocycles. The first-order valence-corrected chi connectivity index (χ1v) is 10.1. The molecule has 1 N–H and O–H groups in total. The molecule has 1 amide bonds. The van der Waals surface area contributed by atoms with Crippen LogP contribution < -0.4 is 10.1 Å². The summed E-state index contributed by atoms with van der Waals surface area (Å²) < 4.78 is 12.9. The Hall–Kier alpha value is -3.32. The van der Waals surface area contributed by atoms with E-state index in [-0.39, 0.29) is 11.9 Å². The summed E-state index contributed by atoms with van der Waals surface area (Å²) in [5.41, 5.74) is 4.46. The molecular weight excluding hydrogens is 380 g/mol. The molecule has 0 bridgehead atoms. The predicted molar refractivity (Wildman–Crippen MR) is 115 cm³/mol. The second-order valence-electron chi connectivity index (χ2n) is 7.54. The number of allylic oxidation sites excluding steroid dienone is 1. The van der Waals surface area contributed by atoms with E-state index in [0.29, 0.717) is 26.3 Å².